The van der Waals surface area contributed by atoms with Gasteiger partial charge in [0.15, 0.2) is 11.6 Å². The molecule has 7 nitrogen and oxygen atoms in total. The van der Waals surface area contributed by atoms with E-state index in [9.17, 15) is 18.8 Å². The standard InChI is InChI=1S/C23H22ClFN4O3/c1-15-6-18(25)20(26-7-15)28-9-19(31)29(8-16-2-4-17(24)5-3-16)23(21(28)32)10-22(11-23)12-27(13-22)14-30/h2-7,14H,8-13H2,1H3. The van der Waals surface area contributed by atoms with E-state index >= 15 is 0 Å². The van der Waals surface area contributed by atoms with Gasteiger partial charge in [-0.3, -0.25) is 19.3 Å². The third-order valence-electron chi connectivity index (χ3n) is 6.78. The van der Waals surface area contributed by atoms with Gasteiger partial charge in [-0.15, -0.1) is 0 Å². The first kappa shape index (κ1) is 20.9. The van der Waals surface area contributed by atoms with Gasteiger partial charge in [-0.05, 0) is 49.1 Å². The fourth-order valence-electron chi connectivity index (χ4n) is 5.45. The Bertz CT molecular complexity index is 1110. The molecule has 0 N–H and O–H groups in total. The molecule has 0 radical (unpaired) electrons. The summed E-state index contributed by atoms with van der Waals surface area (Å²) in [7, 11) is 0. The maximum Gasteiger partial charge on any atom is 0.254 e. The Balaban J connectivity index is 1.49. The summed E-state index contributed by atoms with van der Waals surface area (Å²) in [5.41, 5.74) is 0.222. The lowest BCUT2D eigenvalue weighted by Crippen LogP contribution is -2.79. The lowest BCUT2D eigenvalue weighted by Gasteiger charge is -2.66. The fraction of sp³-hybridized carbons (Fsp3) is 0.391. The third kappa shape index (κ3) is 3.16. The second-order valence-corrected chi connectivity index (χ2v) is 9.65. The molecule has 2 aliphatic heterocycles. The van der Waals surface area contributed by atoms with Gasteiger partial charge in [0.25, 0.3) is 5.91 Å². The predicted octanol–water partition coefficient (Wildman–Crippen LogP) is 2.55. The highest BCUT2D eigenvalue weighted by Gasteiger charge is 2.68. The average molecular weight is 457 g/mol. The number of aromatic nitrogens is 1. The van der Waals surface area contributed by atoms with Crippen LogP contribution in [0.2, 0.25) is 5.02 Å². The van der Waals surface area contributed by atoms with Gasteiger partial charge in [0.2, 0.25) is 12.3 Å². The summed E-state index contributed by atoms with van der Waals surface area (Å²) in [5, 5.41) is 0.586. The largest absolute Gasteiger partial charge is 0.344 e. The van der Waals surface area contributed by atoms with Crippen molar-refractivity contribution in [3.8, 4) is 0 Å². The van der Waals surface area contributed by atoms with Gasteiger partial charge in [-0.25, -0.2) is 9.37 Å². The second kappa shape index (κ2) is 7.27. The Morgan fingerprint density at radius 3 is 2.50 bits per heavy atom. The SMILES string of the molecule is Cc1cnc(N2CC(=O)N(Cc3ccc(Cl)cc3)C3(CC4(CN(C=O)C4)C3)C2=O)c(F)c1. The van der Waals surface area contributed by atoms with E-state index in [2.05, 4.69) is 4.98 Å². The van der Waals surface area contributed by atoms with Crippen molar-refractivity contribution in [3.05, 3.63) is 58.5 Å². The number of hydrogen-bond acceptors (Lipinski definition) is 4. The number of carbonyl (C=O) groups is 3. The molecule has 1 aliphatic carbocycles. The average Bonchev–Trinajstić information content (AvgIpc) is 2.70. The molecule has 0 unspecified atom stereocenters. The fourth-order valence-corrected chi connectivity index (χ4v) is 5.58. The van der Waals surface area contributed by atoms with E-state index in [0.29, 0.717) is 36.5 Å². The number of benzene rings is 1. The lowest BCUT2D eigenvalue weighted by molar-refractivity contribution is -0.188. The second-order valence-electron chi connectivity index (χ2n) is 9.21. The van der Waals surface area contributed by atoms with Crippen LogP contribution in [0.4, 0.5) is 10.2 Å². The first-order chi connectivity index (χ1) is 15.2. The topological polar surface area (TPSA) is 73.8 Å². The van der Waals surface area contributed by atoms with E-state index in [1.165, 1.54) is 17.2 Å². The minimum absolute atomic E-state index is 0.122. The van der Waals surface area contributed by atoms with E-state index in [0.717, 1.165) is 12.0 Å². The molecule has 1 saturated carbocycles. The highest BCUT2D eigenvalue weighted by molar-refractivity contribution is 6.30. The van der Waals surface area contributed by atoms with Crippen LogP contribution < -0.4 is 4.90 Å². The minimum Gasteiger partial charge on any atom is -0.344 e. The zero-order valence-electron chi connectivity index (χ0n) is 17.6. The summed E-state index contributed by atoms with van der Waals surface area (Å²) >= 11 is 5.99. The predicted molar refractivity (Wildman–Crippen MR) is 115 cm³/mol. The third-order valence-corrected chi connectivity index (χ3v) is 7.04. The Morgan fingerprint density at radius 1 is 1.19 bits per heavy atom. The van der Waals surface area contributed by atoms with Crippen molar-refractivity contribution in [3.63, 3.8) is 0 Å². The van der Waals surface area contributed by atoms with Gasteiger partial charge >= 0.3 is 0 Å². The Kier molecular flexibility index (Phi) is 4.74. The summed E-state index contributed by atoms with van der Waals surface area (Å²) in [6.45, 7) is 2.82. The van der Waals surface area contributed by atoms with Crippen LogP contribution in [0.3, 0.4) is 0 Å². The van der Waals surface area contributed by atoms with Crippen molar-refractivity contribution < 1.29 is 18.8 Å². The molecule has 3 heterocycles. The Morgan fingerprint density at radius 2 is 1.88 bits per heavy atom. The number of piperazine rings is 1. The van der Waals surface area contributed by atoms with Crippen LogP contribution in [0.1, 0.15) is 24.0 Å². The van der Waals surface area contributed by atoms with Crippen molar-refractivity contribution >= 4 is 35.6 Å². The number of carbonyl (C=O) groups excluding carboxylic acids is 3. The molecule has 2 aromatic rings. The maximum atomic E-state index is 14.7. The van der Waals surface area contributed by atoms with E-state index in [-0.39, 0.29) is 36.1 Å². The molecular weight excluding hydrogens is 435 g/mol. The van der Waals surface area contributed by atoms with E-state index in [1.54, 1.807) is 28.9 Å². The Labute approximate surface area is 189 Å². The van der Waals surface area contributed by atoms with Crippen molar-refractivity contribution in [2.45, 2.75) is 31.8 Å². The number of anilines is 1. The van der Waals surface area contributed by atoms with Crippen LogP contribution in [0.5, 0.6) is 0 Å². The van der Waals surface area contributed by atoms with Gasteiger partial charge in [0.05, 0.1) is 0 Å². The van der Waals surface area contributed by atoms with Crippen molar-refractivity contribution in [1.82, 2.24) is 14.8 Å². The molecular formula is C23H22ClFN4O3. The van der Waals surface area contributed by atoms with Crippen LogP contribution in [-0.4, -0.2) is 58.2 Å². The first-order valence-corrected chi connectivity index (χ1v) is 10.8. The number of likely N-dealkylation sites (tertiary alicyclic amines) is 1. The molecule has 3 amide bonds. The maximum absolute atomic E-state index is 14.7. The van der Waals surface area contributed by atoms with Crippen LogP contribution in [0.25, 0.3) is 0 Å². The molecule has 9 heteroatoms. The number of halogens is 2. The van der Waals surface area contributed by atoms with Gasteiger partial charge < -0.3 is 9.80 Å². The van der Waals surface area contributed by atoms with Gasteiger partial charge in [0.1, 0.15) is 12.1 Å². The van der Waals surface area contributed by atoms with Crippen LogP contribution in [-0.2, 0) is 20.9 Å². The quantitative estimate of drug-likeness (QED) is 0.663. The molecule has 3 aliphatic rings. The molecule has 0 bridgehead atoms. The first-order valence-electron chi connectivity index (χ1n) is 10.4. The highest BCUT2D eigenvalue weighted by atomic mass is 35.5. The monoisotopic (exact) mass is 456 g/mol. The molecule has 3 fully saturated rings. The zero-order chi connectivity index (χ0) is 22.7. The molecule has 2 spiro atoms. The van der Waals surface area contributed by atoms with Gasteiger partial charge in [0, 0.05) is 36.3 Å². The molecule has 5 rings (SSSR count). The number of pyridine rings is 1. The normalized spacial score (nSPS) is 21.0. The van der Waals surface area contributed by atoms with Crippen molar-refractivity contribution in [2.75, 3.05) is 24.5 Å². The van der Waals surface area contributed by atoms with E-state index < -0.39 is 11.4 Å². The lowest BCUT2D eigenvalue weighted by atomic mass is 9.52. The highest BCUT2D eigenvalue weighted by Crippen LogP contribution is 2.58. The number of amides is 3. The number of aryl methyl sites for hydroxylation is 1. The number of rotatable bonds is 4. The number of nitrogens with zero attached hydrogens (tertiary/aromatic N) is 4. The molecule has 1 aromatic carbocycles. The molecule has 2 saturated heterocycles. The summed E-state index contributed by atoms with van der Waals surface area (Å²) in [5.74, 6) is -1.33. The van der Waals surface area contributed by atoms with Crippen LogP contribution >= 0.6 is 11.6 Å². The molecule has 166 valence electrons. The number of hydrogen-bond donors (Lipinski definition) is 0. The van der Waals surface area contributed by atoms with E-state index in [4.69, 9.17) is 11.6 Å². The smallest absolute Gasteiger partial charge is 0.254 e. The zero-order valence-corrected chi connectivity index (χ0v) is 18.3. The van der Waals surface area contributed by atoms with Crippen molar-refractivity contribution in [2.24, 2.45) is 5.41 Å². The van der Waals surface area contributed by atoms with Crippen molar-refractivity contribution in [1.29, 1.82) is 0 Å². The molecule has 1 aromatic heterocycles. The van der Waals surface area contributed by atoms with Crippen LogP contribution in [0.15, 0.2) is 36.5 Å². The Hall–Kier alpha value is -3.00. The van der Waals surface area contributed by atoms with E-state index in [1.807, 2.05) is 12.1 Å². The molecule has 0 atom stereocenters. The summed E-state index contributed by atoms with van der Waals surface area (Å²) in [6, 6.07) is 8.45. The van der Waals surface area contributed by atoms with Gasteiger partial charge in [-0.2, -0.15) is 0 Å². The summed E-state index contributed by atoms with van der Waals surface area (Å²) in [4.78, 5) is 46.7. The van der Waals surface area contributed by atoms with Gasteiger partial charge in [-0.1, -0.05) is 23.7 Å². The minimum atomic E-state index is -1.08. The molecule has 32 heavy (non-hydrogen) atoms. The summed E-state index contributed by atoms with van der Waals surface area (Å²) < 4.78 is 14.7. The van der Waals surface area contributed by atoms with Crippen LogP contribution in [0, 0.1) is 18.2 Å². The summed E-state index contributed by atoms with van der Waals surface area (Å²) in [6.07, 6.45) is 3.16.